The van der Waals surface area contributed by atoms with Crippen molar-refractivity contribution in [1.82, 2.24) is 15.2 Å². The van der Waals surface area contributed by atoms with Gasteiger partial charge in [-0.1, -0.05) is 25.0 Å². The third kappa shape index (κ3) is 5.79. The van der Waals surface area contributed by atoms with Crippen molar-refractivity contribution in [2.24, 2.45) is 0 Å². The molecule has 0 aliphatic carbocycles. The molecule has 1 aromatic carbocycles. The molecule has 1 aliphatic heterocycles. The summed E-state index contributed by atoms with van der Waals surface area (Å²) in [6.07, 6.45) is 0.0747. The topological polar surface area (TPSA) is 62.3 Å². The summed E-state index contributed by atoms with van der Waals surface area (Å²) in [7, 11) is 0. The number of rotatable bonds is 5. The standard InChI is InChI=1S/C20H22F3N3O2S/c21-20(22,23)15-7-5-6-14(12-15)19-25-16(13-29-19)18(28)24-9-8-17(27)26-10-3-1-2-4-11-26/h5-7,12-13H,1-4,8-11H2,(H,24,28). The summed E-state index contributed by atoms with van der Waals surface area (Å²) in [5.41, 5.74) is -0.326. The molecule has 3 rings (SSSR count). The van der Waals surface area contributed by atoms with Crippen molar-refractivity contribution in [2.75, 3.05) is 19.6 Å². The number of thiazole rings is 1. The lowest BCUT2D eigenvalue weighted by atomic mass is 10.1. The number of nitrogens with zero attached hydrogens (tertiary/aromatic N) is 2. The van der Waals surface area contributed by atoms with E-state index in [2.05, 4.69) is 10.3 Å². The highest BCUT2D eigenvalue weighted by Crippen LogP contribution is 2.33. The van der Waals surface area contributed by atoms with Crippen LogP contribution in [-0.4, -0.2) is 41.3 Å². The Morgan fingerprint density at radius 3 is 2.55 bits per heavy atom. The van der Waals surface area contributed by atoms with E-state index in [1.807, 2.05) is 4.90 Å². The molecule has 0 radical (unpaired) electrons. The molecule has 1 fully saturated rings. The van der Waals surface area contributed by atoms with E-state index in [1.165, 1.54) is 17.5 Å². The van der Waals surface area contributed by atoms with Crippen LogP contribution in [0.15, 0.2) is 29.6 Å². The number of carbonyl (C=O) groups excluding carboxylic acids is 2. The van der Waals surface area contributed by atoms with Crippen LogP contribution >= 0.6 is 11.3 Å². The van der Waals surface area contributed by atoms with E-state index >= 15 is 0 Å². The minimum Gasteiger partial charge on any atom is -0.350 e. The van der Waals surface area contributed by atoms with Crippen LogP contribution in [0.4, 0.5) is 13.2 Å². The molecule has 2 aromatic rings. The first-order chi connectivity index (χ1) is 13.8. The van der Waals surface area contributed by atoms with Gasteiger partial charge in [0.05, 0.1) is 5.56 Å². The Bertz CT molecular complexity index is 859. The Labute approximate surface area is 170 Å². The maximum Gasteiger partial charge on any atom is 0.416 e. The predicted octanol–water partition coefficient (Wildman–Crippen LogP) is 4.35. The molecular weight excluding hydrogens is 403 g/mol. The molecule has 29 heavy (non-hydrogen) atoms. The molecule has 1 N–H and O–H groups in total. The number of carbonyl (C=O) groups is 2. The fraction of sp³-hybridized carbons (Fsp3) is 0.450. The van der Waals surface area contributed by atoms with Gasteiger partial charge in [0, 0.05) is 37.0 Å². The van der Waals surface area contributed by atoms with Gasteiger partial charge in [-0.15, -0.1) is 11.3 Å². The molecule has 1 aliphatic rings. The number of alkyl halides is 3. The fourth-order valence-electron chi connectivity index (χ4n) is 3.19. The second-order valence-electron chi connectivity index (χ2n) is 6.92. The van der Waals surface area contributed by atoms with Gasteiger partial charge in [0.1, 0.15) is 10.7 Å². The van der Waals surface area contributed by atoms with Crippen molar-refractivity contribution >= 4 is 23.2 Å². The SMILES string of the molecule is O=C(NCCC(=O)N1CCCCCC1)c1csc(-c2cccc(C(F)(F)F)c2)n1. The Kier molecular flexibility index (Phi) is 6.89. The lowest BCUT2D eigenvalue weighted by Crippen LogP contribution is -2.35. The molecule has 0 saturated carbocycles. The summed E-state index contributed by atoms with van der Waals surface area (Å²) in [6, 6.07) is 4.84. The molecule has 0 atom stereocenters. The van der Waals surface area contributed by atoms with Crippen LogP contribution in [0.2, 0.25) is 0 Å². The van der Waals surface area contributed by atoms with E-state index in [-0.39, 0.29) is 24.6 Å². The van der Waals surface area contributed by atoms with Gasteiger partial charge in [-0.25, -0.2) is 4.98 Å². The van der Waals surface area contributed by atoms with E-state index in [1.54, 1.807) is 0 Å². The van der Waals surface area contributed by atoms with Gasteiger partial charge in [0.2, 0.25) is 5.91 Å². The number of likely N-dealkylation sites (tertiary alicyclic amines) is 1. The van der Waals surface area contributed by atoms with E-state index in [4.69, 9.17) is 0 Å². The van der Waals surface area contributed by atoms with Crippen molar-refractivity contribution in [2.45, 2.75) is 38.3 Å². The first-order valence-electron chi connectivity index (χ1n) is 9.54. The van der Waals surface area contributed by atoms with Crippen LogP contribution in [0.25, 0.3) is 10.6 Å². The largest absolute Gasteiger partial charge is 0.416 e. The smallest absolute Gasteiger partial charge is 0.350 e. The normalized spacial score (nSPS) is 15.1. The average Bonchev–Trinajstić information content (AvgIpc) is 3.03. The number of hydrogen-bond donors (Lipinski definition) is 1. The van der Waals surface area contributed by atoms with E-state index in [0.29, 0.717) is 10.6 Å². The Balaban J connectivity index is 1.55. The van der Waals surface area contributed by atoms with Gasteiger partial charge in [0.15, 0.2) is 0 Å². The van der Waals surface area contributed by atoms with Gasteiger partial charge in [-0.3, -0.25) is 9.59 Å². The zero-order chi connectivity index (χ0) is 20.9. The molecular formula is C20H22F3N3O2S. The molecule has 1 aromatic heterocycles. The summed E-state index contributed by atoms with van der Waals surface area (Å²) in [4.78, 5) is 30.5. The molecule has 0 unspecified atom stereocenters. The maximum absolute atomic E-state index is 12.9. The number of nitrogens with one attached hydrogen (secondary N) is 1. The van der Waals surface area contributed by atoms with Gasteiger partial charge in [0.25, 0.3) is 5.91 Å². The number of halogens is 3. The second kappa shape index (κ2) is 9.39. The molecule has 5 nitrogen and oxygen atoms in total. The quantitative estimate of drug-likeness (QED) is 0.775. The number of aromatic nitrogens is 1. The number of amides is 2. The predicted molar refractivity (Wildman–Crippen MR) is 105 cm³/mol. The van der Waals surface area contributed by atoms with Gasteiger partial charge >= 0.3 is 6.18 Å². The van der Waals surface area contributed by atoms with Crippen LogP contribution in [-0.2, 0) is 11.0 Å². The van der Waals surface area contributed by atoms with Crippen molar-refractivity contribution in [1.29, 1.82) is 0 Å². The third-order valence-corrected chi connectivity index (χ3v) is 5.65. The minimum absolute atomic E-state index is 0.0233. The third-order valence-electron chi connectivity index (χ3n) is 4.76. The first-order valence-corrected chi connectivity index (χ1v) is 10.4. The summed E-state index contributed by atoms with van der Waals surface area (Å²) in [5, 5.41) is 4.50. The van der Waals surface area contributed by atoms with Crippen LogP contribution in [0.5, 0.6) is 0 Å². The van der Waals surface area contributed by atoms with E-state index < -0.39 is 17.6 Å². The first kappa shape index (κ1) is 21.3. The van der Waals surface area contributed by atoms with Crippen LogP contribution in [0, 0.1) is 0 Å². The summed E-state index contributed by atoms with van der Waals surface area (Å²) >= 11 is 1.10. The molecule has 1 saturated heterocycles. The minimum atomic E-state index is -4.44. The Morgan fingerprint density at radius 1 is 1.14 bits per heavy atom. The lowest BCUT2D eigenvalue weighted by Gasteiger charge is -2.20. The van der Waals surface area contributed by atoms with E-state index in [0.717, 1.165) is 62.2 Å². The Hall–Kier alpha value is -2.42. The van der Waals surface area contributed by atoms with Gasteiger partial charge in [-0.05, 0) is 25.0 Å². The average molecular weight is 425 g/mol. The van der Waals surface area contributed by atoms with Crippen molar-refractivity contribution < 1.29 is 22.8 Å². The van der Waals surface area contributed by atoms with Crippen LogP contribution in [0.1, 0.15) is 48.2 Å². The molecule has 0 bridgehead atoms. The maximum atomic E-state index is 12.9. The highest BCUT2D eigenvalue weighted by molar-refractivity contribution is 7.13. The van der Waals surface area contributed by atoms with Gasteiger partial charge < -0.3 is 10.2 Å². The summed E-state index contributed by atoms with van der Waals surface area (Å²) in [6.45, 7) is 1.73. The molecule has 9 heteroatoms. The van der Waals surface area contributed by atoms with Crippen molar-refractivity contribution in [3.63, 3.8) is 0 Å². The Morgan fingerprint density at radius 2 is 1.86 bits per heavy atom. The molecule has 156 valence electrons. The second-order valence-corrected chi connectivity index (χ2v) is 7.78. The van der Waals surface area contributed by atoms with Crippen molar-refractivity contribution in [3.8, 4) is 10.6 Å². The molecule has 2 heterocycles. The van der Waals surface area contributed by atoms with E-state index in [9.17, 15) is 22.8 Å². The monoisotopic (exact) mass is 425 g/mol. The number of benzene rings is 1. The van der Waals surface area contributed by atoms with Gasteiger partial charge in [-0.2, -0.15) is 13.2 Å². The zero-order valence-electron chi connectivity index (χ0n) is 15.8. The fourth-order valence-corrected chi connectivity index (χ4v) is 3.99. The number of hydrogen-bond acceptors (Lipinski definition) is 4. The van der Waals surface area contributed by atoms with Crippen molar-refractivity contribution in [3.05, 3.63) is 40.9 Å². The highest BCUT2D eigenvalue weighted by Gasteiger charge is 2.30. The van der Waals surface area contributed by atoms with Crippen LogP contribution < -0.4 is 5.32 Å². The molecule has 2 amide bonds. The summed E-state index contributed by atoms with van der Waals surface area (Å²) < 4.78 is 38.6. The highest BCUT2D eigenvalue weighted by atomic mass is 32.1. The van der Waals surface area contributed by atoms with Crippen LogP contribution in [0.3, 0.4) is 0 Å². The zero-order valence-corrected chi connectivity index (χ0v) is 16.6. The lowest BCUT2D eigenvalue weighted by molar-refractivity contribution is -0.137. The molecule has 0 spiro atoms. The summed E-state index contributed by atoms with van der Waals surface area (Å²) in [5.74, 6) is -0.418.